The summed E-state index contributed by atoms with van der Waals surface area (Å²) in [6.07, 6.45) is 8.88. The van der Waals surface area contributed by atoms with Crippen LogP contribution in [0.15, 0.2) is 0 Å². The fraction of sp³-hybridized carbons (Fsp3) is 0.923. The zero-order chi connectivity index (χ0) is 13.0. The van der Waals surface area contributed by atoms with E-state index in [1.165, 1.54) is 19.3 Å². The Bertz CT molecular complexity index is 433. The average Bonchev–Trinajstić information content (AvgIpc) is 2.09. The van der Waals surface area contributed by atoms with Gasteiger partial charge in [-0.05, 0) is 61.7 Å². The number of rotatable bonds is 3. The molecular formula is C13H21NO3S. The maximum atomic E-state index is 11.9. The summed E-state index contributed by atoms with van der Waals surface area (Å²) in [5.41, 5.74) is 0.115. The van der Waals surface area contributed by atoms with Gasteiger partial charge in [0.15, 0.2) is 0 Å². The minimum Gasteiger partial charge on any atom is -0.274 e. The number of hydrogen-bond donors (Lipinski definition) is 1. The second kappa shape index (κ2) is 3.95. The molecule has 1 N–H and O–H groups in total. The van der Waals surface area contributed by atoms with E-state index in [0.29, 0.717) is 6.42 Å². The molecule has 0 atom stereocenters. The predicted octanol–water partition coefficient (Wildman–Crippen LogP) is 1.67. The van der Waals surface area contributed by atoms with E-state index in [0.717, 1.165) is 43.3 Å². The van der Waals surface area contributed by atoms with E-state index in [4.69, 9.17) is 0 Å². The van der Waals surface area contributed by atoms with Crippen molar-refractivity contribution in [2.75, 3.05) is 6.26 Å². The average molecular weight is 271 g/mol. The van der Waals surface area contributed by atoms with Crippen molar-refractivity contribution in [2.24, 2.45) is 23.2 Å². The Kier molecular flexibility index (Phi) is 2.74. The number of hydrogen-bond acceptors (Lipinski definition) is 3. The van der Waals surface area contributed by atoms with Gasteiger partial charge in [0.1, 0.15) is 0 Å². The van der Waals surface area contributed by atoms with Crippen LogP contribution in [0.3, 0.4) is 0 Å². The molecule has 0 aromatic heterocycles. The summed E-state index contributed by atoms with van der Waals surface area (Å²) in [5, 5.41) is 0. The molecule has 1 amide bonds. The van der Waals surface area contributed by atoms with Crippen LogP contribution in [0.2, 0.25) is 0 Å². The summed E-state index contributed by atoms with van der Waals surface area (Å²) in [6, 6.07) is 0. The van der Waals surface area contributed by atoms with E-state index < -0.39 is 10.0 Å². The van der Waals surface area contributed by atoms with Gasteiger partial charge in [-0.25, -0.2) is 8.42 Å². The van der Waals surface area contributed by atoms with Crippen molar-refractivity contribution in [2.45, 2.75) is 44.9 Å². The minimum atomic E-state index is -3.41. The largest absolute Gasteiger partial charge is 0.274 e. The van der Waals surface area contributed by atoms with Gasteiger partial charge in [-0.2, -0.15) is 0 Å². The standard InChI is InChI=1S/C13H21NO3S/c1-18(16,17)14-12(15)8-13-5-9-2-10(6-13)4-11(3-9)7-13/h9-11H,2-8H2,1H3,(H,14,15). The number of amides is 1. The Morgan fingerprint density at radius 1 is 1.11 bits per heavy atom. The molecule has 0 aromatic carbocycles. The van der Waals surface area contributed by atoms with Gasteiger partial charge >= 0.3 is 0 Å². The molecule has 0 saturated heterocycles. The van der Waals surface area contributed by atoms with Crippen molar-refractivity contribution in [3.05, 3.63) is 0 Å². The molecule has 5 heteroatoms. The number of nitrogens with one attached hydrogen (secondary N) is 1. The first-order chi connectivity index (χ1) is 8.34. The fourth-order valence-electron chi connectivity index (χ4n) is 5.09. The fourth-order valence-corrected chi connectivity index (χ4v) is 5.58. The molecule has 102 valence electrons. The third kappa shape index (κ3) is 2.42. The first kappa shape index (κ1) is 12.5. The van der Waals surface area contributed by atoms with E-state index in [-0.39, 0.29) is 11.3 Å². The SMILES string of the molecule is CS(=O)(=O)NC(=O)CC12CC3CC(CC(C3)C1)C2. The highest BCUT2D eigenvalue weighted by Gasteiger charge is 2.51. The summed E-state index contributed by atoms with van der Waals surface area (Å²) in [4.78, 5) is 11.9. The van der Waals surface area contributed by atoms with Crippen molar-refractivity contribution in [3.63, 3.8) is 0 Å². The van der Waals surface area contributed by atoms with E-state index in [1.807, 2.05) is 0 Å². The molecule has 4 fully saturated rings. The lowest BCUT2D eigenvalue weighted by Crippen LogP contribution is -2.48. The minimum absolute atomic E-state index is 0.115. The van der Waals surface area contributed by atoms with E-state index >= 15 is 0 Å². The predicted molar refractivity (Wildman–Crippen MR) is 68.2 cm³/mol. The highest BCUT2D eigenvalue weighted by atomic mass is 32.2. The van der Waals surface area contributed by atoms with Crippen LogP contribution >= 0.6 is 0 Å². The molecule has 4 saturated carbocycles. The van der Waals surface area contributed by atoms with E-state index in [1.54, 1.807) is 0 Å². The topological polar surface area (TPSA) is 63.2 Å². The van der Waals surface area contributed by atoms with Gasteiger partial charge in [-0.1, -0.05) is 0 Å². The quantitative estimate of drug-likeness (QED) is 0.849. The Morgan fingerprint density at radius 2 is 1.56 bits per heavy atom. The Labute approximate surface area is 109 Å². The van der Waals surface area contributed by atoms with Gasteiger partial charge in [0.2, 0.25) is 15.9 Å². The molecule has 4 bridgehead atoms. The molecular weight excluding hydrogens is 250 g/mol. The lowest BCUT2D eigenvalue weighted by Gasteiger charge is -2.56. The molecule has 4 nitrogen and oxygen atoms in total. The summed E-state index contributed by atoms with van der Waals surface area (Å²) < 4.78 is 24.3. The summed E-state index contributed by atoms with van der Waals surface area (Å²) in [7, 11) is -3.41. The second-order valence-electron chi connectivity index (χ2n) is 6.89. The van der Waals surface area contributed by atoms with Gasteiger partial charge < -0.3 is 0 Å². The number of carbonyl (C=O) groups is 1. The Balaban J connectivity index is 1.71. The third-order valence-electron chi connectivity index (χ3n) is 5.00. The van der Waals surface area contributed by atoms with Gasteiger partial charge in [-0.3, -0.25) is 9.52 Å². The second-order valence-corrected chi connectivity index (χ2v) is 8.64. The zero-order valence-electron chi connectivity index (χ0n) is 10.8. The first-order valence-electron chi connectivity index (χ1n) is 6.84. The zero-order valence-corrected chi connectivity index (χ0v) is 11.6. The van der Waals surface area contributed by atoms with Crippen molar-refractivity contribution in [3.8, 4) is 0 Å². The van der Waals surface area contributed by atoms with Crippen molar-refractivity contribution in [1.29, 1.82) is 0 Å². The molecule has 4 aliphatic rings. The van der Waals surface area contributed by atoms with Crippen LogP contribution in [-0.4, -0.2) is 20.6 Å². The van der Waals surface area contributed by atoms with Gasteiger partial charge in [-0.15, -0.1) is 0 Å². The van der Waals surface area contributed by atoms with Crippen LogP contribution in [-0.2, 0) is 14.8 Å². The molecule has 0 unspecified atom stereocenters. The number of carbonyl (C=O) groups excluding carboxylic acids is 1. The van der Waals surface area contributed by atoms with Crippen LogP contribution in [0.5, 0.6) is 0 Å². The molecule has 0 spiro atoms. The Morgan fingerprint density at radius 3 is 1.94 bits per heavy atom. The van der Waals surface area contributed by atoms with Crippen LogP contribution in [0.4, 0.5) is 0 Å². The molecule has 0 radical (unpaired) electrons. The number of sulfonamides is 1. The van der Waals surface area contributed by atoms with Crippen molar-refractivity contribution >= 4 is 15.9 Å². The van der Waals surface area contributed by atoms with Gasteiger partial charge in [0, 0.05) is 6.42 Å². The van der Waals surface area contributed by atoms with Crippen LogP contribution in [0.1, 0.15) is 44.9 Å². The maximum Gasteiger partial charge on any atom is 0.233 e. The lowest BCUT2D eigenvalue weighted by molar-refractivity contribution is -0.127. The lowest BCUT2D eigenvalue weighted by atomic mass is 9.49. The highest BCUT2D eigenvalue weighted by Crippen LogP contribution is 2.61. The monoisotopic (exact) mass is 271 g/mol. The molecule has 18 heavy (non-hydrogen) atoms. The summed E-state index contributed by atoms with van der Waals surface area (Å²) in [5.74, 6) is 2.08. The summed E-state index contributed by atoms with van der Waals surface area (Å²) >= 11 is 0. The van der Waals surface area contributed by atoms with Crippen molar-refractivity contribution < 1.29 is 13.2 Å². The van der Waals surface area contributed by atoms with Gasteiger partial charge in [0.05, 0.1) is 6.26 Å². The van der Waals surface area contributed by atoms with Crippen molar-refractivity contribution in [1.82, 2.24) is 4.72 Å². The molecule has 0 heterocycles. The molecule has 0 aliphatic heterocycles. The Hall–Kier alpha value is -0.580. The van der Waals surface area contributed by atoms with Gasteiger partial charge in [0.25, 0.3) is 0 Å². The summed E-state index contributed by atoms with van der Waals surface area (Å²) in [6.45, 7) is 0. The molecule has 0 aromatic rings. The molecule has 4 rings (SSSR count). The van der Waals surface area contributed by atoms with E-state index in [2.05, 4.69) is 4.72 Å². The third-order valence-corrected chi connectivity index (χ3v) is 5.60. The first-order valence-corrected chi connectivity index (χ1v) is 8.73. The van der Waals surface area contributed by atoms with Crippen LogP contribution in [0, 0.1) is 23.2 Å². The highest BCUT2D eigenvalue weighted by molar-refractivity contribution is 7.89. The van der Waals surface area contributed by atoms with E-state index in [9.17, 15) is 13.2 Å². The normalized spacial score (nSPS) is 41.9. The smallest absolute Gasteiger partial charge is 0.233 e. The van der Waals surface area contributed by atoms with Crippen LogP contribution in [0.25, 0.3) is 0 Å². The maximum absolute atomic E-state index is 11.9. The molecule has 4 aliphatic carbocycles. The van der Waals surface area contributed by atoms with Crippen LogP contribution < -0.4 is 4.72 Å².